The van der Waals surface area contributed by atoms with Crippen LogP contribution in [0.1, 0.15) is 11.7 Å². The van der Waals surface area contributed by atoms with Crippen LogP contribution in [0, 0.1) is 29.1 Å². The summed E-state index contributed by atoms with van der Waals surface area (Å²) in [6, 6.07) is 0. The fraction of sp³-hybridized carbons (Fsp3) is 0. The third-order valence-electron chi connectivity index (χ3n) is 1.31. The maximum Gasteiger partial charge on any atom is 0.200 e. The van der Waals surface area contributed by atoms with Gasteiger partial charge in [-0.05, 0) is 0 Å². The first-order valence-electron chi connectivity index (χ1n) is 3.40. The van der Waals surface area contributed by atoms with Gasteiger partial charge in [0, 0.05) is 0 Å². The topological polar surface area (TPSA) is 17.1 Å². The molecule has 0 atom stereocenters. The monoisotopic (exact) mass is 197 g/mol. The van der Waals surface area contributed by atoms with E-state index in [2.05, 4.69) is 0 Å². The number of carbonyl (C=O) groups is 1. The average Bonchev–Trinajstić information content (AvgIpc) is 2.11. The molecule has 0 N–H and O–H groups in total. The van der Waals surface area contributed by atoms with Gasteiger partial charge in [-0.25, -0.2) is 22.0 Å². The average molecular weight is 197 g/mol. The molecule has 1 nitrogen and oxygen atoms in total. The highest BCUT2D eigenvalue weighted by atomic mass is 19.2. The van der Waals surface area contributed by atoms with Gasteiger partial charge in [-0.3, -0.25) is 4.79 Å². The normalized spacial score (nSPS) is 11.3. The highest BCUT2D eigenvalue weighted by Gasteiger charge is 2.24. The smallest absolute Gasteiger partial charge is 0.200 e. The largest absolute Gasteiger partial charge is 0.298 e. The molecule has 0 heterocycles. The molecule has 0 saturated carbocycles. The molecule has 0 saturated heterocycles. The van der Waals surface area contributed by atoms with Gasteiger partial charge in [0.25, 0.3) is 0 Å². The van der Waals surface area contributed by atoms with Crippen LogP contribution in [0.25, 0.3) is 0 Å². The minimum Gasteiger partial charge on any atom is -0.298 e. The van der Waals surface area contributed by atoms with E-state index in [9.17, 15) is 26.7 Å². The Hall–Kier alpha value is -1.46. The molecule has 0 aliphatic heterocycles. The molecule has 0 amide bonds. The van der Waals surface area contributed by atoms with Crippen molar-refractivity contribution in [3.8, 4) is 0 Å². The Kier molecular flexibility index (Phi) is 1.96. The van der Waals surface area contributed by atoms with E-state index in [1.165, 1.54) is 0 Å². The Morgan fingerprint density at radius 3 is 1.46 bits per heavy atom. The van der Waals surface area contributed by atoms with E-state index in [0.717, 1.165) is 0 Å². The molecule has 0 bridgehead atoms. The summed E-state index contributed by atoms with van der Waals surface area (Å²) in [6.07, 6.45) is -1.97. The molecular formula is C7HF5O. The van der Waals surface area contributed by atoms with Crippen LogP contribution in [0.3, 0.4) is 0 Å². The highest BCUT2D eigenvalue weighted by Crippen LogP contribution is 2.21. The second kappa shape index (κ2) is 3.12. The maximum absolute atomic E-state index is 12.6. The second-order valence-electron chi connectivity index (χ2n) is 2.05. The molecule has 0 spiro atoms. The van der Waals surface area contributed by atoms with E-state index in [1.54, 1.807) is 0 Å². The summed E-state index contributed by atoms with van der Waals surface area (Å²) in [5, 5.41) is 0. The molecule has 0 aliphatic carbocycles. The first-order valence-corrected chi connectivity index (χ1v) is 2.90. The predicted molar refractivity (Wildman–Crippen MR) is 31.6 cm³/mol. The number of rotatable bonds is 1. The van der Waals surface area contributed by atoms with E-state index >= 15 is 0 Å². The zero-order chi connectivity index (χ0) is 11.0. The Morgan fingerprint density at radius 2 is 1.15 bits per heavy atom. The number of benzene rings is 1. The van der Waals surface area contributed by atoms with Crippen molar-refractivity contribution >= 4 is 6.26 Å². The van der Waals surface area contributed by atoms with Crippen LogP contribution < -0.4 is 0 Å². The number of halogens is 5. The number of hydrogen-bond donors (Lipinski definition) is 0. The van der Waals surface area contributed by atoms with Gasteiger partial charge in [0.15, 0.2) is 29.5 Å². The van der Waals surface area contributed by atoms with E-state index in [-0.39, 0.29) is 0 Å². The van der Waals surface area contributed by atoms with Gasteiger partial charge in [-0.15, -0.1) is 0 Å². The molecule has 0 radical (unpaired) electrons. The van der Waals surface area contributed by atoms with Crippen LogP contribution in [-0.4, -0.2) is 6.26 Å². The summed E-state index contributed by atoms with van der Waals surface area (Å²) in [4.78, 5) is 10.2. The van der Waals surface area contributed by atoms with Crippen LogP contribution in [0.4, 0.5) is 22.0 Å². The minimum atomic E-state index is -2.36. The summed E-state index contributed by atoms with van der Waals surface area (Å²) in [7, 11) is 0. The zero-order valence-electron chi connectivity index (χ0n) is 6.80. The van der Waals surface area contributed by atoms with Crippen LogP contribution in [-0.2, 0) is 0 Å². The van der Waals surface area contributed by atoms with Crippen molar-refractivity contribution in [3.05, 3.63) is 34.6 Å². The third kappa shape index (κ3) is 1.28. The van der Waals surface area contributed by atoms with Gasteiger partial charge in [-0.2, -0.15) is 0 Å². The molecule has 0 aliphatic rings. The second-order valence-corrected chi connectivity index (χ2v) is 2.05. The Morgan fingerprint density at radius 1 is 0.846 bits per heavy atom. The van der Waals surface area contributed by atoms with Gasteiger partial charge in [0.05, 0.1) is 5.56 Å². The molecular weight excluding hydrogens is 195 g/mol. The van der Waals surface area contributed by atoms with E-state index in [4.69, 9.17) is 1.37 Å². The quantitative estimate of drug-likeness (QED) is 0.292. The van der Waals surface area contributed by atoms with Crippen LogP contribution >= 0.6 is 0 Å². The van der Waals surface area contributed by atoms with Crippen molar-refractivity contribution in [2.24, 2.45) is 0 Å². The summed E-state index contributed by atoms with van der Waals surface area (Å²) >= 11 is 0. The molecule has 70 valence electrons. The maximum atomic E-state index is 12.6. The van der Waals surface area contributed by atoms with Gasteiger partial charge in [0.2, 0.25) is 5.82 Å². The van der Waals surface area contributed by atoms with Crippen molar-refractivity contribution in [1.82, 2.24) is 0 Å². The number of hydrogen-bond acceptors (Lipinski definition) is 1. The summed E-state index contributed by atoms with van der Waals surface area (Å²) in [5.74, 6) is -11.4. The lowest BCUT2D eigenvalue weighted by Gasteiger charge is -2.01. The lowest BCUT2D eigenvalue weighted by atomic mass is 10.2. The highest BCUT2D eigenvalue weighted by molar-refractivity contribution is 5.75. The van der Waals surface area contributed by atoms with Crippen molar-refractivity contribution in [3.63, 3.8) is 0 Å². The lowest BCUT2D eigenvalue weighted by Crippen LogP contribution is -2.05. The third-order valence-corrected chi connectivity index (χ3v) is 1.31. The molecule has 0 unspecified atom stereocenters. The number of carbonyl (C=O) groups excluding carboxylic acids is 1. The minimum absolute atomic E-state index is 1.75. The fourth-order valence-corrected chi connectivity index (χ4v) is 0.695. The van der Waals surface area contributed by atoms with Crippen LogP contribution in [0.15, 0.2) is 0 Å². The molecule has 13 heavy (non-hydrogen) atoms. The molecule has 1 aromatic carbocycles. The fourth-order valence-electron chi connectivity index (χ4n) is 0.695. The molecule has 1 rings (SSSR count). The molecule has 0 aromatic heterocycles. The first-order chi connectivity index (χ1) is 6.37. The zero-order valence-corrected chi connectivity index (χ0v) is 5.80. The Bertz CT molecular complexity index is 388. The summed E-state index contributed by atoms with van der Waals surface area (Å²) in [5.41, 5.74) is -1.75. The Balaban J connectivity index is 3.68. The van der Waals surface area contributed by atoms with E-state index < -0.39 is 40.9 Å². The molecule has 1 aromatic rings. The van der Waals surface area contributed by atoms with Crippen molar-refractivity contribution in [2.45, 2.75) is 0 Å². The molecule has 6 heteroatoms. The standard InChI is InChI=1S/C7HF5O/c8-3-2(1-13)4(9)6(11)7(12)5(3)10/h1H/i1D. The summed E-state index contributed by atoms with van der Waals surface area (Å²) < 4.78 is 68.6. The Labute approximate surface area is 70.2 Å². The van der Waals surface area contributed by atoms with Gasteiger partial charge >= 0.3 is 0 Å². The van der Waals surface area contributed by atoms with Crippen molar-refractivity contribution in [2.75, 3.05) is 0 Å². The first kappa shape index (κ1) is 8.15. The lowest BCUT2D eigenvalue weighted by molar-refractivity contribution is 0.111. The van der Waals surface area contributed by atoms with E-state index in [0.29, 0.717) is 0 Å². The molecule has 0 fully saturated rings. The van der Waals surface area contributed by atoms with Crippen molar-refractivity contribution < 1.29 is 28.1 Å². The van der Waals surface area contributed by atoms with Crippen molar-refractivity contribution in [1.29, 1.82) is 0 Å². The predicted octanol–water partition coefficient (Wildman–Crippen LogP) is 2.19. The van der Waals surface area contributed by atoms with Gasteiger partial charge in [0.1, 0.15) is 1.37 Å². The van der Waals surface area contributed by atoms with Gasteiger partial charge < -0.3 is 0 Å². The van der Waals surface area contributed by atoms with Crippen LogP contribution in [0.2, 0.25) is 0 Å². The van der Waals surface area contributed by atoms with E-state index in [1.807, 2.05) is 0 Å². The SMILES string of the molecule is [2H]C(=O)c1c(F)c(F)c(F)c(F)c1F. The summed E-state index contributed by atoms with van der Waals surface area (Å²) in [6.45, 7) is 0. The van der Waals surface area contributed by atoms with Gasteiger partial charge in [-0.1, -0.05) is 0 Å². The van der Waals surface area contributed by atoms with Crippen LogP contribution in [0.5, 0.6) is 0 Å². The number of aldehydes is 1.